The molecule has 4 nitrogen and oxygen atoms in total. The van der Waals surface area contributed by atoms with Crippen LogP contribution in [0.5, 0.6) is 0 Å². The third-order valence-corrected chi connectivity index (χ3v) is 4.50. The van der Waals surface area contributed by atoms with Crippen LogP contribution in [0.4, 0.5) is 4.79 Å². The van der Waals surface area contributed by atoms with Gasteiger partial charge < -0.3 is 5.11 Å². The van der Waals surface area contributed by atoms with Crippen LogP contribution in [-0.4, -0.2) is 45.7 Å². The molecule has 2 rings (SSSR count). The molecule has 0 unspecified atom stereocenters. The third-order valence-electron chi connectivity index (χ3n) is 4.50. The Balaban J connectivity index is 2.13. The van der Waals surface area contributed by atoms with E-state index in [-0.39, 0.29) is 11.6 Å². The van der Waals surface area contributed by atoms with Gasteiger partial charge in [-0.15, -0.1) is 0 Å². The van der Waals surface area contributed by atoms with Crippen LogP contribution >= 0.6 is 0 Å². The second-order valence-electron chi connectivity index (χ2n) is 7.10. The summed E-state index contributed by atoms with van der Waals surface area (Å²) in [5.74, 6) is 0. The smallest absolute Gasteiger partial charge is 0.408 e. The zero-order valence-electron chi connectivity index (χ0n) is 14.1. The van der Waals surface area contributed by atoms with Gasteiger partial charge >= 0.3 is 6.09 Å². The average Bonchev–Trinajstić information content (AvgIpc) is 2.87. The maximum atomic E-state index is 11.7. The van der Waals surface area contributed by atoms with Crippen LogP contribution in [0.3, 0.4) is 0 Å². The van der Waals surface area contributed by atoms with Gasteiger partial charge in [0, 0.05) is 30.7 Å². The van der Waals surface area contributed by atoms with Gasteiger partial charge in [-0.05, 0) is 39.2 Å². The lowest BCUT2D eigenvalue weighted by Gasteiger charge is -2.38. The Bertz CT molecular complexity index is 496. The molecule has 0 saturated carbocycles. The summed E-state index contributed by atoms with van der Waals surface area (Å²) in [4.78, 5) is 15.7. The van der Waals surface area contributed by atoms with Crippen LogP contribution in [0.25, 0.3) is 0 Å². The first-order valence-corrected chi connectivity index (χ1v) is 8.16. The van der Waals surface area contributed by atoms with Crippen LogP contribution in [0, 0.1) is 0 Å². The van der Waals surface area contributed by atoms with E-state index in [9.17, 15) is 9.90 Å². The van der Waals surface area contributed by atoms with Crippen molar-refractivity contribution in [2.24, 2.45) is 0 Å². The number of rotatable bonds is 4. The van der Waals surface area contributed by atoms with Gasteiger partial charge in [0.2, 0.25) is 0 Å². The first kappa shape index (κ1) is 16.8. The van der Waals surface area contributed by atoms with Crippen molar-refractivity contribution in [1.29, 1.82) is 0 Å². The van der Waals surface area contributed by atoms with E-state index in [1.54, 1.807) is 4.90 Å². The lowest BCUT2D eigenvalue weighted by atomic mass is 10.0. The number of hydrogen-bond donors (Lipinski definition) is 1. The topological polar surface area (TPSA) is 43.8 Å². The van der Waals surface area contributed by atoms with E-state index in [0.717, 1.165) is 25.9 Å². The molecule has 1 fully saturated rings. The molecule has 1 aliphatic heterocycles. The highest BCUT2D eigenvalue weighted by atomic mass is 16.4. The standard InChI is InChI=1S/C18H28N2O2/c1-5-16(14-9-7-6-8-10-14)19-12-11-15(13-19)20(17(21)22)18(2,3)4/h6-10,15-16H,5,11-13H2,1-4H3,(H,21,22)/t15-,16-/m0/s1. The van der Waals surface area contributed by atoms with Crippen molar-refractivity contribution in [3.63, 3.8) is 0 Å². The third kappa shape index (κ3) is 3.61. The molecule has 1 aromatic carbocycles. The molecule has 0 spiro atoms. The normalized spacial score (nSPS) is 20.8. The second-order valence-corrected chi connectivity index (χ2v) is 7.10. The Morgan fingerprint density at radius 3 is 2.50 bits per heavy atom. The van der Waals surface area contributed by atoms with Crippen LogP contribution in [-0.2, 0) is 0 Å². The van der Waals surface area contributed by atoms with Gasteiger partial charge in [0.25, 0.3) is 0 Å². The molecule has 0 aromatic heterocycles. The molecular weight excluding hydrogens is 276 g/mol. The molecule has 1 aliphatic rings. The second kappa shape index (κ2) is 6.69. The summed E-state index contributed by atoms with van der Waals surface area (Å²) in [5, 5.41) is 9.58. The zero-order chi connectivity index (χ0) is 16.3. The lowest BCUT2D eigenvalue weighted by molar-refractivity contribution is 0.0699. The highest BCUT2D eigenvalue weighted by molar-refractivity contribution is 5.66. The average molecular weight is 304 g/mol. The molecule has 2 atom stereocenters. The maximum absolute atomic E-state index is 11.7. The van der Waals surface area contributed by atoms with Crippen LogP contribution in [0.1, 0.15) is 52.1 Å². The van der Waals surface area contributed by atoms with Crippen molar-refractivity contribution in [2.75, 3.05) is 13.1 Å². The first-order chi connectivity index (χ1) is 10.3. The van der Waals surface area contributed by atoms with Gasteiger partial charge in [0.15, 0.2) is 0 Å². The molecule has 122 valence electrons. The van der Waals surface area contributed by atoms with Gasteiger partial charge in [-0.2, -0.15) is 0 Å². The van der Waals surface area contributed by atoms with Crippen molar-refractivity contribution >= 4 is 6.09 Å². The zero-order valence-corrected chi connectivity index (χ0v) is 14.1. The van der Waals surface area contributed by atoms with Gasteiger partial charge in [0.05, 0.1) is 0 Å². The predicted octanol–water partition coefficient (Wildman–Crippen LogP) is 3.99. The quantitative estimate of drug-likeness (QED) is 0.914. The molecular formula is C18H28N2O2. The Kier molecular flexibility index (Phi) is 5.12. The molecule has 0 bridgehead atoms. The van der Waals surface area contributed by atoms with E-state index in [2.05, 4.69) is 36.1 Å². The number of nitrogens with zero attached hydrogens (tertiary/aromatic N) is 2. The summed E-state index contributed by atoms with van der Waals surface area (Å²) >= 11 is 0. The maximum Gasteiger partial charge on any atom is 0.408 e. The summed E-state index contributed by atoms with van der Waals surface area (Å²) in [6, 6.07) is 11.0. The Morgan fingerprint density at radius 2 is 2.00 bits per heavy atom. The van der Waals surface area contributed by atoms with Crippen molar-refractivity contribution < 1.29 is 9.90 Å². The monoisotopic (exact) mass is 304 g/mol. The van der Waals surface area contributed by atoms with Crippen LogP contribution < -0.4 is 0 Å². The number of hydrogen-bond acceptors (Lipinski definition) is 2. The summed E-state index contributed by atoms with van der Waals surface area (Å²) in [5.41, 5.74) is 0.962. The van der Waals surface area contributed by atoms with E-state index >= 15 is 0 Å². The first-order valence-electron chi connectivity index (χ1n) is 8.16. The summed E-state index contributed by atoms with van der Waals surface area (Å²) in [6.45, 7) is 9.88. The van der Waals surface area contributed by atoms with Gasteiger partial charge in [-0.25, -0.2) is 4.79 Å². The highest BCUT2D eigenvalue weighted by Crippen LogP contribution is 2.31. The lowest BCUT2D eigenvalue weighted by Crippen LogP contribution is -2.52. The number of likely N-dealkylation sites (tertiary alicyclic amines) is 1. The van der Waals surface area contributed by atoms with Gasteiger partial charge in [-0.3, -0.25) is 9.80 Å². The molecule has 1 N–H and O–H groups in total. The fourth-order valence-corrected chi connectivity index (χ4v) is 3.63. The largest absolute Gasteiger partial charge is 0.465 e. The van der Waals surface area contributed by atoms with E-state index < -0.39 is 6.09 Å². The minimum absolute atomic E-state index is 0.0789. The SMILES string of the molecule is CC[C@@H](c1ccccc1)N1CC[C@H](N(C(=O)O)C(C)(C)C)C1. The fourth-order valence-electron chi connectivity index (χ4n) is 3.63. The van der Waals surface area contributed by atoms with Crippen molar-refractivity contribution in [3.05, 3.63) is 35.9 Å². The predicted molar refractivity (Wildman–Crippen MR) is 89.1 cm³/mol. The molecule has 1 heterocycles. The fraction of sp³-hybridized carbons (Fsp3) is 0.611. The summed E-state index contributed by atoms with van der Waals surface area (Å²) < 4.78 is 0. The number of carboxylic acid groups (broad SMARTS) is 1. The Hall–Kier alpha value is -1.55. The molecule has 1 aromatic rings. The number of carbonyl (C=O) groups is 1. The van der Waals surface area contributed by atoms with Crippen molar-refractivity contribution in [1.82, 2.24) is 9.80 Å². The van der Waals surface area contributed by atoms with Crippen molar-refractivity contribution in [2.45, 2.75) is 58.2 Å². The number of benzene rings is 1. The molecule has 1 amide bonds. The summed E-state index contributed by atoms with van der Waals surface area (Å²) in [6.07, 6.45) is 1.14. The number of amides is 1. The molecule has 0 radical (unpaired) electrons. The van der Waals surface area contributed by atoms with Crippen molar-refractivity contribution in [3.8, 4) is 0 Å². The van der Waals surface area contributed by atoms with E-state index in [1.165, 1.54) is 5.56 Å². The van der Waals surface area contributed by atoms with Gasteiger partial charge in [0.1, 0.15) is 0 Å². The minimum Gasteiger partial charge on any atom is -0.465 e. The molecule has 22 heavy (non-hydrogen) atoms. The Labute approximate surface area is 133 Å². The Morgan fingerprint density at radius 1 is 1.36 bits per heavy atom. The summed E-state index contributed by atoms with van der Waals surface area (Å²) in [7, 11) is 0. The van der Waals surface area contributed by atoms with Gasteiger partial charge in [-0.1, -0.05) is 37.3 Å². The van der Waals surface area contributed by atoms with E-state index in [1.807, 2.05) is 26.8 Å². The van der Waals surface area contributed by atoms with E-state index in [0.29, 0.717) is 6.04 Å². The van der Waals surface area contributed by atoms with E-state index in [4.69, 9.17) is 0 Å². The van der Waals surface area contributed by atoms with Crippen LogP contribution in [0.15, 0.2) is 30.3 Å². The molecule has 4 heteroatoms. The molecule has 0 aliphatic carbocycles. The highest BCUT2D eigenvalue weighted by Gasteiger charge is 2.38. The minimum atomic E-state index is -0.813. The molecule has 1 saturated heterocycles. The van der Waals surface area contributed by atoms with Crippen LogP contribution in [0.2, 0.25) is 0 Å².